The van der Waals surface area contributed by atoms with Gasteiger partial charge in [-0.25, -0.2) is 0 Å². The van der Waals surface area contributed by atoms with Crippen molar-refractivity contribution < 1.29 is 0 Å². The van der Waals surface area contributed by atoms with Crippen LogP contribution < -0.4 is 0 Å². The molecule has 0 aromatic carbocycles. The van der Waals surface area contributed by atoms with Gasteiger partial charge in [-0.05, 0) is 95.9 Å². The fourth-order valence-electron chi connectivity index (χ4n) is 7.04. The van der Waals surface area contributed by atoms with Crippen molar-refractivity contribution in [3.63, 3.8) is 0 Å². The molecule has 0 fully saturated rings. The summed E-state index contributed by atoms with van der Waals surface area (Å²) >= 11 is 6.19. The van der Waals surface area contributed by atoms with E-state index in [1.165, 1.54) is 68.9 Å². The third-order valence-corrected chi connectivity index (χ3v) is 10.8. The Morgan fingerprint density at radius 2 is 1.51 bits per heavy atom. The van der Waals surface area contributed by atoms with Crippen LogP contribution in [0.3, 0.4) is 0 Å². The molecule has 0 N–H and O–H groups in total. The van der Waals surface area contributed by atoms with Crippen LogP contribution in [0.5, 0.6) is 0 Å². The van der Waals surface area contributed by atoms with Gasteiger partial charge >= 0.3 is 0 Å². The molecule has 0 bridgehead atoms. The molecule has 0 aliphatic heterocycles. The lowest BCUT2D eigenvalue weighted by atomic mass is 9.53. The molecule has 0 aromatic rings. The quantitative estimate of drug-likeness (QED) is 0.0479. The van der Waals surface area contributed by atoms with Crippen molar-refractivity contribution in [3.8, 4) is 0 Å². The second kappa shape index (κ2) is 17.3. The highest BCUT2D eigenvalue weighted by Crippen LogP contribution is 2.50. The average molecular weight is 549 g/mol. The van der Waals surface area contributed by atoms with Gasteiger partial charge in [0.1, 0.15) is 7.28 Å². The van der Waals surface area contributed by atoms with E-state index in [1.54, 1.807) is 0 Å². The van der Waals surface area contributed by atoms with E-state index < -0.39 is 0 Å². The van der Waals surface area contributed by atoms with Crippen LogP contribution in [0.4, 0.5) is 0 Å². The normalized spacial score (nSPS) is 17.3. The first kappa shape index (κ1) is 37.4. The topological polar surface area (TPSA) is 0 Å². The number of allylic oxidation sites excluding steroid dienone is 1. The van der Waals surface area contributed by atoms with Gasteiger partial charge in [-0.2, -0.15) is 0 Å². The van der Waals surface area contributed by atoms with Crippen molar-refractivity contribution >= 4 is 40.1 Å². The van der Waals surface area contributed by atoms with Crippen LogP contribution in [0.2, 0.25) is 13.1 Å². The second-order valence-corrected chi connectivity index (χ2v) is 17.5. The predicted molar refractivity (Wildman–Crippen MR) is 185 cm³/mol. The van der Waals surface area contributed by atoms with E-state index in [0.717, 1.165) is 39.7 Å². The summed E-state index contributed by atoms with van der Waals surface area (Å²) in [5, 5.41) is 0. The summed E-state index contributed by atoms with van der Waals surface area (Å²) in [5.41, 5.74) is 3.01. The Balaban J connectivity index is 5.72. The van der Waals surface area contributed by atoms with Gasteiger partial charge in [0, 0.05) is 0 Å². The average Bonchev–Trinajstić information content (AvgIpc) is 2.73. The first-order chi connectivity index (χ1) is 16.9. The van der Waals surface area contributed by atoms with Gasteiger partial charge in [-0.1, -0.05) is 107 Å². The Morgan fingerprint density at radius 1 is 0.946 bits per heavy atom. The molecule has 4 heteroatoms. The molecule has 0 aromatic heterocycles. The first-order valence-electron chi connectivity index (χ1n) is 15.7. The monoisotopic (exact) mass is 548 g/mol. The Bertz CT molecular complexity index is 660. The SMILES string of the molecule is C=C(C)CC(CC(C)CC(C)CC(BC)PC)C(C)(C)CC(C)(C)C(CC(C)(C)C)C(=S)BCCCC. The van der Waals surface area contributed by atoms with E-state index in [4.69, 9.17) is 12.2 Å². The maximum Gasteiger partial charge on any atom is 0.167 e. The highest BCUT2D eigenvalue weighted by Gasteiger charge is 2.42. The van der Waals surface area contributed by atoms with Gasteiger partial charge in [0.15, 0.2) is 7.28 Å². The van der Waals surface area contributed by atoms with Crippen molar-refractivity contribution in [1.82, 2.24) is 0 Å². The highest BCUT2D eigenvalue weighted by atomic mass is 32.1. The first-order valence-corrected chi connectivity index (χ1v) is 17.7. The number of hydrogen-bond acceptors (Lipinski definition) is 1. The van der Waals surface area contributed by atoms with E-state index in [9.17, 15) is 0 Å². The molecule has 0 nitrogen and oxygen atoms in total. The van der Waals surface area contributed by atoms with Crippen LogP contribution in [0.1, 0.15) is 128 Å². The van der Waals surface area contributed by atoms with Gasteiger partial charge in [0.25, 0.3) is 0 Å². The maximum absolute atomic E-state index is 6.19. The van der Waals surface area contributed by atoms with E-state index >= 15 is 0 Å². The molecule has 37 heavy (non-hydrogen) atoms. The third kappa shape index (κ3) is 15.7. The number of thiocarbonyl (C=S) groups is 1. The molecule has 216 valence electrons. The van der Waals surface area contributed by atoms with Gasteiger partial charge in [0.2, 0.25) is 0 Å². The molecule has 0 spiro atoms. The summed E-state index contributed by atoms with van der Waals surface area (Å²) in [4.78, 5) is 0. The molecule has 0 saturated heterocycles. The maximum atomic E-state index is 6.19. The second-order valence-electron chi connectivity index (χ2n) is 15.6. The predicted octanol–water partition coefficient (Wildman–Crippen LogP) is 10.6. The zero-order chi connectivity index (χ0) is 29.0. The van der Waals surface area contributed by atoms with Crippen LogP contribution in [-0.4, -0.2) is 31.5 Å². The summed E-state index contributed by atoms with van der Waals surface area (Å²) in [6.07, 6.45) is 11.5. The molecule has 0 saturated carbocycles. The van der Waals surface area contributed by atoms with Crippen LogP contribution in [0.25, 0.3) is 0 Å². The van der Waals surface area contributed by atoms with E-state index in [0.29, 0.717) is 11.8 Å². The summed E-state index contributed by atoms with van der Waals surface area (Å²) in [5.74, 6) is 2.77. The minimum absolute atomic E-state index is 0.195. The summed E-state index contributed by atoms with van der Waals surface area (Å²) < 4.78 is 1.34. The van der Waals surface area contributed by atoms with Crippen molar-refractivity contribution in [1.29, 1.82) is 0 Å². The molecule has 0 radical (unpaired) electrons. The van der Waals surface area contributed by atoms with Crippen LogP contribution in [-0.2, 0) is 0 Å². The zero-order valence-electron chi connectivity index (χ0n) is 27.8. The van der Waals surface area contributed by atoms with Gasteiger partial charge in [-0.15, -0.1) is 27.4 Å². The molecular weight excluding hydrogens is 481 g/mol. The standard InChI is InChI=1S/C33H67B2PS/c1-15-16-17-35-30(37)28(22-31(6,7)8)33(11,12)23-32(9,10)27(18-24(2)3)20-25(4)19-26(5)21-29(34-13)36-14/h25-29,34-36H,2,15-23H2,1,3-14H3. The van der Waals surface area contributed by atoms with Gasteiger partial charge in [-0.3, -0.25) is 0 Å². The number of unbranched alkanes of at least 4 members (excludes halogenated alkanes) is 1. The number of hydrogen-bond donors (Lipinski definition) is 0. The minimum Gasteiger partial charge on any atom is -0.130 e. The fraction of sp³-hybridized carbons (Fsp3) is 0.909. The molecule has 6 unspecified atom stereocenters. The van der Waals surface area contributed by atoms with E-state index in [2.05, 4.69) is 96.2 Å². The molecular formula is C33H67B2PS. The summed E-state index contributed by atoms with van der Waals surface area (Å²) in [7, 11) is 3.54. The third-order valence-electron chi connectivity index (χ3n) is 8.87. The lowest BCUT2D eigenvalue weighted by molar-refractivity contribution is 0.0706. The Morgan fingerprint density at radius 3 is 1.97 bits per heavy atom. The fourth-order valence-corrected chi connectivity index (χ4v) is 8.64. The van der Waals surface area contributed by atoms with E-state index in [-0.39, 0.29) is 16.2 Å². The molecule has 0 heterocycles. The number of rotatable bonds is 20. The highest BCUT2D eigenvalue weighted by molar-refractivity contribution is 7.83. The zero-order valence-corrected chi connectivity index (χ0v) is 29.6. The van der Waals surface area contributed by atoms with Crippen molar-refractivity contribution in [2.75, 3.05) is 6.66 Å². The lowest BCUT2D eigenvalue weighted by Gasteiger charge is -2.47. The Kier molecular flexibility index (Phi) is 17.4. The Hall–Kier alpha value is 0.390. The largest absolute Gasteiger partial charge is 0.167 e. The minimum atomic E-state index is 0.195. The lowest BCUT2D eigenvalue weighted by Crippen LogP contribution is -2.41. The molecule has 0 aliphatic carbocycles. The van der Waals surface area contributed by atoms with Gasteiger partial charge in [0.05, 0.1) is 0 Å². The Labute approximate surface area is 244 Å². The van der Waals surface area contributed by atoms with Crippen LogP contribution in [0.15, 0.2) is 12.2 Å². The molecule has 0 aliphatic rings. The summed E-state index contributed by atoms with van der Waals surface area (Å²) in [6, 6.07) is 0. The summed E-state index contributed by atoms with van der Waals surface area (Å²) in [6.45, 7) is 36.0. The van der Waals surface area contributed by atoms with Crippen LogP contribution >= 0.6 is 20.8 Å². The van der Waals surface area contributed by atoms with Crippen molar-refractivity contribution in [2.45, 2.75) is 146 Å². The van der Waals surface area contributed by atoms with Crippen LogP contribution in [0, 0.1) is 39.9 Å². The van der Waals surface area contributed by atoms with Gasteiger partial charge < -0.3 is 0 Å². The van der Waals surface area contributed by atoms with Crippen molar-refractivity contribution in [2.24, 2.45) is 39.9 Å². The molecule has 0 amide bonds. The molecule has 0 rings (SSSR count). The van der Waals surface area contributed by atoms with E-state index in [1.807, 2.05) is 0 Å². The smallest absolute Gasteiger partial charge is 0.130 e. The van der Waals surface area contributed by atoms with Crippen molar-refractivity contribution in [3.05, 3.63) is 12.2 Å². The molecule has 6 atom stereocenters.